The number of carbonyl (C=O) groups excluding carboxylic acids is 2. The summed E-state index contributed by atoms with van der Waals surface area (Å²) in [6.45, 7) is 4.44. The van der Waals surface area contributed by atoms with Gasteiger partial charge in [-0.3, -0.25) is 14.5 Å². The van der Waals surface area contributed by atoms with Crippen LogP contribution >= 0.6 is 0 Å². The average Bonchev–Trinajstić information content (AvgIpc) is 3.43. The number of aliphatic hydroxyl groups is 1. The van der Waals surface area contributed by atoms with Gasteiger partial charge >= 0.3 is 6.18 Å². The molecule has 4 rings (SSSR count). The summed E-state index contributed by atoms with van der Waals surface area (Å²) in [5.41, 5.74) is 0.617. The van der Waals surface area contributed by atoms with Crippen molar-refractivity contribution >= 4 is 17.5 Å². The molecule has 0 saturated carbocycles. The highest BCUT2D eigenvalue weighted by Crippen LogP contribution is 2.31. The normalized spacial score (nSPS) is 18.3. The number of halogens is 3. The van der Waals surface area contributed by atoms with Crippen molar-refractivity contribution in [3.63, 3.8) is 0 Å². The fourth-order valence-corrected chi connectivity index (χ4v) is 4.60. The number of amides is 2. The van der Waals surface area contributed by atoms with Crippen LogP contribution in [0.25, 0.3) is 0 Å². The highest BCUT2D eigenvalue weighted by atomic mass is 19.4. The van der Waals surface area contributed by atoms with Crippen molar-refractivity contribution in [2.24, 2.45) is 5.92 Å². The van der Waals surface area contributed by atoms with Crippen LogP contribution < -0.4 is 10.1 Å². The van der Waals surface area contributed by atoms with Crippen molar-refractivity contribution < 1.29 is 32.6 Å². The molecule has 2 N–H and O–H groups in total. The second kappa shape index (κ2) is 12.6. The van der Waals surface area contributed by atoms with E-state index in [4.69, 9.17) is 4.74 Å². The topological polar surface area (TPSA) is 126 Å². The lowest BCUT2D eigenvalue weighted by atomic mass is 9.99. The monoisotopic (exact) mass is 575 g/mol. The highest BCUT2D eigenvalue weighted by molar-refractivity contribution is 5.99. The van der Waals surface area contributed by atoms with Gasteiger partial charge in [0.1, 0.15) is 24.7 Å². The van der Waals surface area contributed by atoms with Gasteiger partial charge in [-0.25, -0.2) is 4.68 Å². The maximum Gasteiger partial charge on any atom is 0.416 e. The van der Waals surface area contributed by atoms with Gasteiger partial charge in [0.2, 0.25) is 5.91 Å². The maximum absolute atomic E-state index is 13.6. The largest absolute Gasteiger partial charge is 0.488 e. The Morgan fingerprint density at radius 2 is 1.98 bits per heavy atom. The number of alkyl halides is 3. The van der Waals surface area contributed by atoms with Gasteiger partial charge in [0, 0.05) is 31.2 Å². The third-order valence-electron chi connectivity index (χ3n) is 6.87. The lowest BCUT2D eigenvalue weighted by Gasteiger charge is -2.38. The predicted molar refractivity (Wildman–Crippen MR) is 142 cm³/mol. The van der Waals surface area contributed by atoms with Crippen molar-refractivity contribution in [1.29, 1.82) is 0 Å². The minimum absolute atomic E-state index is 0.118. The van der Waals surface area contributed by atoms with Crippen molar-refractivity contribution in [3.05, 3.63) is 65.5 Å². The smallest absolute Gasteiger partial charge is 0.416 e. The number of nitrogens with zero attached hydrogens (tertiary/aromatic N) is 6. The quantitative estimate of drug-likeness (QED) is 0.399. The van der Waals surface area contributed by atoms with Gasteiger partial charge in [0.25, 0.3) is 5.91 Å². The highest BCUT2D eigenvalue weighted by Gasteiger charge is 2.34. The molecule has 3 atom stereocenters. The summed E-state index contributed by atoms with van der Waals surface area (Å²) < 4.78 is 46.4. The molecule has 1 aliphatic heterocycles. The van der Waals surface area contributed by atoms with Crippen LogP contribution in [0.15, 0.2) is 48.8 Å². The van der Waals surface area contributed by atoms with Crippen molar-refractivity contribution in [1.82, 2.24) is 30.0 Å². The Bertz CT molecular complexity index is 1340. The number of aromatic nitrogens is 4. The molecule has 2 heterocycles. The summed E-state index contributed by atoms with van der Waals surface area (Å²) >= 11 is 0. The van der Waals surface area contributed by atoms with Crippen LogP contribution in [0.2, 0.25) is 0 Å². The molecule has 1 aliphatic rings. The molecule has 0 saturated heterocycles. The Kier molecular flexibility index (Phi) is 9.23. The van der Waals surface area contributed by atoms with Crippen LogP contribution in [0.4, 0.5) is 18.9 Å². The molecular formula is C27H32F3N7O4. The SMILES string of the molecule is C[C@@H]1CN([C@@H](C)CO)C(=O)c2cc(NC(=O)Cn3cnnn3)ccc2O[C@H]1CN(C)Cc1ccc(C(F)(F)F)cc1. The van der Waals surface area contributed by atoms with Crippen LogP contribution in [-0.2, 0) is 24.1 Å². The van der Waals surface area contributed by atoms with E-state index in [0.717, 1.165) is 12.1 Å². The number of hydrogen-bond donors (Lipinski definition) is 2. The van der Waals surface area contributed by atoms with E-state index in [1.165, 1.54) is 29.2 Å². The molecule has 220 valence electrons. The average molecular weight is 576 g/mol. The molecule has 1 aromatic heterocycles. The number of anilines is 1. The van der Waals surface area contributed by atoms with Gasteiger partial charge in [0.05, 0.1) is 23.8 Å². The number of ether oxygens (including phenoxy) is 1. The molecule has 11 nitrogen and oxygen atoms in total. The Morgan fingerprint density at radius 1 is 1.24 bits per heavy atom. The number of carbonyl (C=O) groups is 2. The van der Waals surface area contributed by atoms with E-state index in [1.807, 2.05) is 18.9 Å². The first-order valence-corrected chi connectivity index (χ1v) is 13.0. The fourth-order valence-electron chi connectivity index (χ4n) is 4.60. The van der Waals surface area contributed by atoms with E-state index < -0.39 is 29.8 Å². The van der Waals surface area contributed by atoms with E-state index in [2.05, 4.69) is 20.8 Å². The zero-order valence-electron chi connectivity index (χ0n) is 22.9. The summed E-state index contributed by atoms with van der Waals surface area (Å²) in [5, 5.41) is 23.2. The minimum atomic E-state index is -4.40. The fraction of sp³-hybridized carbons (Fsp3) is 0.444. The lowest BCUT2D eigenvalue weighted by molar-refractivity contribution is -0.137. The summed E-state index contributed by atoms with van der Waals surface area (Å²) in [4.78, 5) is 29.6. The first-order chi connectivity index (χ1) is 19.4. The van der Waals surface area contributed by atoms with E-state index in [1.54, 1.807) is 24.0 Å². The number of aliphatic hydroxyl groups excluding tert-OH is 1. The molecule has 0 aliphatic carbocycles. The third kappa shape index (κ3) is 7.58. The standard InChI is InChI=1S/C27H32F3N7O4/c1-17-11-37(18(2)15-38)26(40)22-10-21(32-25(39)14-36-16-31-33-34-36)8-9-23(22)41-24(17)13-35(3)12-19-4-6-20(7-5-19)27(28,29)30/h4-10,16-18,24,38H,11-15H2,1-3H3,(H,32,39)/t17-,18+,24+/m1/s1. The number of benzene rings is 2. The summed E-state index contributed by atoms with van der Waals surface area (Å²) in [5.74, 6) is -0.565. The number of rotatable bonds is 9. The van der Waals surface area contributed by atoms with Gasteiger partial charge in [0.15, 0.2) is 0 Å². The molecule has 0 unspecified atom stereocenters. The first kappa shape index (κ1) is 29.9. The summed E-state index contributed by atoms with van der Waals surface area (Å²) in [7, 11) is 1.84. The molecule has 0 bridgehead atoms. The van der Waals surface area contributed by atoms with Crippen LogP contribution in [0, 0.1) is 5.92 Å². The van der Waals surface area contributed by atoms with Crippen molar-refractivity contribution in [2.45, 2.75) is 45.3 Å². The zero-order chi connectivity index (χ0) is 29.7. The molecule has 0 fully saturated rings. The van der Waals surface area contributed by atoms with Gasteiger partial charge in [-0.05, 0) is 60.3 Å². The Balaban J connectivity index is 1.53. The van der Waals surface area contributed by atoms with Crippen LogP contribution in [0.1, 0.15) is 35.3 Å². The second-order valence-corrected chi connectivity index (χ2v) is 10.3. The van der Waals surface area contributed by atoms with Gasteiger partial charge in [-0.2, -0.15) is 13.2 Å². The van der Waals surface area contributed by atoms with Crippen LogP contribution in [-0.4, -0.2) is 85.8 Å². The molecular weight excluding hydrogens is 543 g/mol. The van der Waals surface area contributed by atoms with Gasteiger partial charge in [-0.1, -0.05) is 19.1 Å². The number of likely N-dealkylation sites (N-methyl/N-ethyl adjacent to an activating group) is 1. The number of fused-ring (bicyclic) bond motifs is 1. The lowest BCUT2D eigenvalue weighted by Crippen LogP contribution is -2.49. The third-order valence-corrected chi connectivity index (χ3v) is 6.87. The number of nitrogens with one attached hydrogen (secondary N) is 1. The molecule has 41 heavy (non-hydrogen) atoms. The number of hydrogen-bond acceptors (Lipinski definition) is 8. The van der Waals surface area contributed by atoms with Gasteiger partial charge < -0.3 is 20.1 Å². The molecule has 0 spiro atoms. The van der Waals surface area contributed by atoms with Crippen LogP contribution in [0.3, 0.4) is 0 Å². The molecule has 2 amide bonds. The predicted octanol–water partition coefficient (Wildman–Crippen LogP) is 2.68. The van der Waals surface area contributed by atoms with Crippen molar-refractivity contribution in [2.75, 3.05) is 32.1 Å². The van der Waals surface area contributed by atoms with E-state index in [0.29, 0.717) is 36.6 Å². The molecule has 3 aromatic rings. The second-order valence-electron chi connectivity index (χ2n) is 10.3. The first-order valence-electron chi connectivity index (χ1n) is 13.0. The Hall–Kier alpha value is -4.04. The van der Waals surface area contributed by atoms with E-state index >= 15 is 0 Å². The summed E-state index contributed by atoms with van der Waals surface area (Å²) in [6.07, 6.45) is -3.48. The van der Waals surface area contributed by atoms with Crippen molar-refractivity contribution in [3.8, 4) is 5.75 Å². The Morgan fingerprint density at radius 3 is 2.61 bits per heavy atom. The van der Waals surface area contributed by atoms with E-state index in [9.17, 15) is 27.9 Å². The maximum atomic E-state index is 13.6. The minimum Gasteiger partial charge on any atom is -0.488 e. The molecule has 14 heteroatoms. The van der Waals surface area contributed by atoms with E-state index in [-0.39, 0.29) is 30.5 Å². The molecule has 0 radical (unpaired) electrons. The number of tetrazole rings is 1. The summed E-state index contributed by atoms with van der Waals surface area (Å²) in [6, 6.07) is 9.33. The molecule has 2 aromatic carbocycles. The van der Waals surface area contributed by atoms with Crippen LogP contribution in [0.5, 0.6) is 5.75 Å². The van der Waals surface area contributed by atoms with Gasteiger partial charge in [-0.15, -0.1) is 5.10 Å². The zero-order valence-corrected chi connectivity index (χ0v) is 22.9. The Labute approximate surface area is 234 Å².